The van der Waals surface area contributed by atoms with E-state index in [0.29, 0.717) is 12.8 Å². The number of hydrogen-bond donors (Lipinski definition) is 12. The molecule has 17 unspecified atom stereocenters. The second-order valence-electron chi connectivity index (χ2n) is 20.4. The molecule has 0 saturated carbocycles. The van der Waals surface area contributed by atoms with Crippen LogP contribution in [-0.4, -0.2) is 193 Å². The smallest absolute Gasteiger partial charge is 0.220 e. The van der Waals surface area contributed by atoms with E-state index in [4.69, 9.17) is 28.4 Å². The minimum atomic E-state index is -1.97. The zero-order valence-corrected chi connectivity index (χ0v) is 44.1. The van der Waals surface area contributed by atoms with Crippen LogP contribution in [0.25, 0.3) is 0 Å². The monoisotopic (exact) mass is 1050 g/mol. The zero-order valence-electron chi connectivity index (χ0n) is 44.1. The highest BCUT2D eigenvalue weighted by Crippen LogP contribution is 2.33. The van der Waals surface area contributed by atoms with Crippen LogP contribution in [0.4, 0.5) is 0 Å². The van der Waals surface area contributed by atoms with Gasteiger partial charge in [-0.05, 0) is 38.5 Å². The van der Waals surface area contributed by atoms with Gasteiger partial charge in [-0.2, -0.15) is 0 Å². The number of nitrogens with one attached hydrogen (secondary N) is 1. The molecule has 17 atom stereocenters. The van der Waals surface area contributed by atoms with Gasteiger partial charge in [0.2, 0.25) is 5.91 Å². The molecule has 19 nitrogen and oxygen atoms in total. The van der Waals surface area contributed by atoms with Gasteiger partial charge in [-0.3, -0.25) is 4.79 Å². The Morgan fingerprint density at radius 2 is 0.932 bits per heavy atom. The van der Waals surface area contributed by atoms with Crippen LogP contribution in [0.1, 0.15) is 181 Å². The minimum absolute atomic E-state index is 0.251. The Labute approximate surface area is 435 Å². The molecule has 0 aromatic carbocycles. The first kappa shape index (κ1) is 65.6. The van der Waals surface area contributed by atoms with Crippen molar-refractivity contribution in [3.05, 3.63) is 24.3 Å². The molecule has 3 fully saturated rings. The van der Waals surface area contributed by atoms with Crippen LogP contribution in [0.15, 0.2) is 24.3 Å². The fraction of sp³-hybridized carbons (Fsp3) is 0.907. The standard InChI is InChI=1S/C54H99NO18/c1-3-5-7-9-11-13-15-17-18-20-21-23-25-27-29-31-38(59)37(55-42(60)32-30-28-26-24-22-19-16-14-12-10-8-6-4-2)36-68-52-48(66)45(63)50(40(34-57)70-52)73-54-49(67)46(64)51(41(35-58)71-54)72-53-47(65)44(62)43(61)39(33-56)69-53/h8,10,14,16,37-41,43-54,56-59,61-67H,3-7,9,11-13,15,17-36H2,1-2H3,(H,55,60)/b10-8-,16-14-. The van der Waals surface area contributed by atoms with E-state index in [1.807, 2.05) is 0 Å². The van der Waals surface area contributed by atoms with Crippen molar-refractivity contribution < 1.29 is 89.4 Å². The van der Waals surface area contributed by atoms with Crippen molar-refractivity contribution >= 4 is 5.91 Å². The van der Waals surface area contributed by atoms with Crippen LogP contribution in [-0.2, 0) is 33.2 Å². The summed E-state index contributed by atoms with van der Waals surface area (Å²) in [6.45, 7) is 1.69. The Kier molecular flexibility index (Phi) is 34.8. The number of unbranched alkanes of at least 4 members (excludes halogenated alkanes) is 20. The van der Waals surface area contributed by atoms with E-state index in [9.17, 15) is 61.0 Å². The van der Waals surface area contributed by atoms with Crippen molar-refractivity contribution in [2.45, 2.75) is 285 Å². The van der Waals surface area contributed by atoms with Gasteiger partial charge in [0.15, 0.2) is 18.9 Å². The molecule has 0 aromatic rings. The minimum Gasteiger partial charge on any atom is -0.394 e. The third kappa shape index (κ3) is 23.8. The summed E-state index contributed by atoms with van der Waals surface area (Å²) in [7, 11) is 0. The molecule has 19 heteroatoms. The van der Waals surface area contributed by atoms with Crippen molar-refractivity contribution in [1.29, 1.82) is 0 Å². The molecule has 73 heavy (non-hydrogen) atoms. The molecule has 0 spiro atoms. The maximum atomic E-state index is 13.3. The van der Waals surface area contributed by atoms with Crippen LogP contribution in [0.3, 0.4) is 0 Å². The third-order valence-electron chi connectivity index (χ3n) is 14.3. The Bertz CT molecular complexity index is 1440. The van der Waals surface area contributed by atoms with Gasteiger partial charge in [-0.15, -0.1) is 0 Å². The van der Waals surface area contributed by atoms with Gasteiger partial charge in [0.25, 0.3) is 0 Å². The molecule has 12 N–H and O–H groups in total. The lowest BCUT2D eigenvalue weighted by atomic mass is 9.96. The Balaban J connectivity index is 1.53. The van der Waals surface area contributed by atoms with E-state index < -0.39 is 124 Å². The van der Waals surface area contributed by atoms with Crippen molar-refractivity contribution in [1.82, 2.24) is 5.32 Å². The summed E-state index contributed by atoms with van der Waals surface area (Å²) < 4.78 is 34.2. The van der Waals surface area contributed by atoms with Crippen LogP contribution in [0.5, 0.6) is 0 Å². The average Bonchev–Trinajstić information content (AvgIpc) is 3.39. The topological polar surface area (TPSA) is 307 Å². The number of amides is 1. The van der Waals surface area contributed by atoms with Gasteiger partial charge in [0.1, 0.15) is 73.2 Å². The number of aliphatic hydroxyl groups is 11. The zero-order chi connectivity index (χ0) is 53.4. The lowest BCUT2D eigenvalue weighted by Crippen LogP contribution is -2.66. The quantitative estimate of drug-likeness (QED) is 0.0308. The van der Waals surface area contributed by atoms with Gasteiger partial charge in [-0.25, -0.2) is 0 Å². The van der Waals surface area contributed by atoms with E-state index in [0.717, 1.165) is 77.0 Å². The number of carbonyl (C=O) groups is 1. The van der Waals surface area contributed by atoms with E-state index in [1.54, 1.807) is 0 Å². The molecular weight excluding hydrogens is 951 g/mol. The number of rotatable bonds is 40. The Morgan fingerprint density at radius 1 is 0.493 bits per heavy atom. The van der Waals surface area contributed by atoms with E-state index in [-0.39, 0.29) is 18.9 Å². The van der Waals surface area contributed by atoms with E-state index in [1.165, 1.54) is 70.6 Å². The molecule has 3 aliphatic heterocycles. The molecule has 3 rings (SSSR count). The predicted molar refractivity (Wildman–Crippen MR) is 273 cm³/mol. The lowest BCUT2D eigenvalue weighted by Gasteiger charge is -2.48. The maximum Gasteiger partial charge on any atom is 0.220 e. The predicted octanol–water partition coefficient (Wildman–Crippen LogP) is 3.59. The molecular formula is C54H99NO18. The third-order valence-corrected chi connectivity index (χ3v) is 14.3. The fourth-order valence-corrected chi connectivity index (χ4v) is 9.58. The number of allylic oxidation sites excluding steroid dienone is 4. The first-order chi connectivity index (χ1) is 35.3. The van der Waals surface area contributed by atoms with Crippen molar-refractivity contribution in [3.8, 4) is 0 Å². The van der Waals surface area contributed by atoms with Gasteiger partial charge in [-0.1, -0.05) is 160 Å². The second kappa shape index (κ2) is 38.8. The first-order valence-corrected chi connectivity index (χ1v) is 28.1. The summed E-state index contributed by atoms with van der Waals surface area (Å²) in [4.78, 5) is 13.3. The molecule has 0 aliphatic carbocycles. The van der Waals surface area contributed by atoms with Crippen molar-refractivity contribution in [2.24, 2.45) is 0 Å². The van der Waals surface area contributed by atoms with Crippen LogP contribution in [0, 0.1) is 0 Å². The lowest BCUT2D eigenvalue weighted by molar-refractivity contribution is -0.379. The molecule has 428 valence electrons. The normalized spacial score (nSPS) is 31.9. The Hall–Kier alpha value is -1.73. The molecule has 1 amide bonds. The number of ether oxygens (including phenoxy) is 6. The average molecular weight is 1050 g/mol. The molecule has 0 bridgehead atoms. The highest BCUT2D eigenvalue weighted by molar-refractivity contribution is 5.76. The van der Waals surface area contributed by atoms with Gasteiger partial charge in [0, 0.05) is 6.42 Å². The molecule has 3 aliphatic rings. The van der Waals surface area contributed by atoms with Crippen LogP contribution in [0.2, 0.25) is 0 Å². The van der Waals surface area contributed by atoms with Crippen molar-refractivity contribution in [2.75, 3.05) is 26.4 Å². The Morgan fingerprint density at radius 3 is 1.45 bits per heavy atom. The highest BCUT2D eigenvalue weighted by atomic mass is 16.8. The number of aliphatic hydroxyl groups excluding tert-OH is 11. The molecule has 3 heterocycles. The summed E-state index contributed by atoms with van der Waals surface area (Å²) in [6.07, 6.45) is 9.84. The van der Waals surface area contributed by atoms with E-state index in [2.05, 4.69) is 43.5 Å². The summed E-state index contributed by atoms with van der Waals surface area (Å²) in [5.74, 6) is -0.259. The summed E-state index contributed by atoms with van der Waals surface area (Å²) in [6, 6.07) is -0.891. The second-order valence-corrected chi connectivity index (χ2v) is 20.4. The van der Waals surface area contributed by atoms with Gasteiger partial charge in [0.05, 0.1) is 38.6 Å². The largest absolute Gasteiger partial charge is 0.394 e. The maximum absolute atomic E-state index is 13.3. The summed E-state index contributed by atoms with van der Waals surface area (Å²) >= 11 is 0. The molecule has 3 saturated heterocycles. The SMILES string of the molecule is CCC/C=C\C/C=C\CCCCCCCC(=O)NC(COC1OC(CO)C(OC2OC(CO)C(OC3OC(CO)C(O)C(O)C3O)C(O)C2O)C(O)C1O)C(O)CCCCCCCCCCCCCCCCC. The molecule has 0 radical (unpaired) electrons. The summed E-state index contributed by atoms with van der Waals surface area (Å²) in [5, 5.41) is 120. The summed E-state index contributed by atoms with van der Waals surface area (Å²) in [5.41, 5.74) is 0. The van der Waals surface area contributed by atoms with E-state index >= 15 is 0 Å². The molecule has 0 aromatic heterocycles. The number of hydrogen-bond acceptors (Lipinski definition) is 18. The van der Waals surface area contributed by atoms with Crippen LogP contribution >= 0.6 is 0 Å². The van der Waals surface area contributed by atoms with Gasteiger partial charge < -0.3 is 89.9 Å². The number of carbonyl (C=O) groups excluding carboxylic acids is 1. The van der Waals surface area contributed by atoms with Gasteiger partial charge >= 0.3 is 0 Å². The van der Waals surface area contributed by atoms with Crippen molar-refractivity contribution in [3.63, 3.8) is 0 Å². The fourth-order valence-electron chi connectivity index (χ4n) is 9.58. The van der Waals surface area contributed by atoms with Crippen LogP contribution < -0.4 is 5.32 Å². The highest BCUT2D eigenvalue weighted by Gasteiger charge is 2.53. The first-order valence-electron chi connectivity index (χ1n) is 28.1.